The molecular formula is C21H19N5O2. The van der Waals surface area contributed by atoms with Gasteiger partial charge in [0.05, 0.1) is 17.4 Å². The minimum atomic E-state index is -0.737. The van der Waals surface area contributed by atoms with Crippen LogP contribution in [0.3, 0.4) is 0 Å². The van der Waals surface area contributed by atoms with Gasteiger partial charge in [-0.05, 0) is 61.0 Å². The molecule has 1 heterocycles. The van der Waals surface area contributed by atoms with E-state index in [1.165, 1.54) is 0 Å². The number of rotatable bonds is 5. The third-order valence-electron chi connectivity index (χ3n) is 3.92. The van der Waals surface area contributed by atoms with Crippen molar-refractivity contribution in [3.8, 4) is 0 Å². The summed E-state index contributed by atoms with van der Waals surface area (Å²) in [6.45, 7) is 1.80. The molecule has 1 atom stereocenters. The Morgan fingerprint density at radius 2 is 1.43 bits per heavy atom. The molecule has 7 nitrogen and oxygen atoms in total. The predicted octanol–water partition coefficient (Wildman–Crippen LogP) is 4.31. The highest BCUT2D eigenvalue weighted by atomic mass is 16.2. The maximum absolute atomic E-state index is 12.1. The summed E-state index contributed by atoms with van der Waals surface area (Å²) in [6, 6.07) is 19.4. The molecular weight excluding hydrogens is 354 g/mol. The number of nitrogens with zero attached hydrogens (tertiary/aromatic N) is 3. The molecule has 2 N–H and O–H groups in total. The summed E-state index contributed by atoms with van der Waals surface area (Å²) in [5.74, 6) is -1.45. The number of azo groups is 1. The maximum atomic E-state index is 12.1. The molecule has 7 heteroatoms. The van der Waals surface area contributed by atoms with Gasteiger partial charge >= 0.3 is 11.8 Å². The second kappa shape index (κ2) is 9.18. The summed E-state index contributed by atoms with van der Waals surface area (Å²) in [5.41, 5.74) is 2.75. The number of anilines is 1. The summed E-state index contributed by atoms with van der Waals surface area (Å²) < 4.78 is 0. The molecule has 2 amide bonds. The maximum Gasteiger partial charge on any atom is 0.313 e. The van der Waals surface area contributed by atoms with E-state index in [1.807, 2.05) is 30.3 Å². The van der Waals surface area contributed by atoms with Crippen molar-refractivity contribution >= 4 is 28.9 Å². The zero-order valence-electron chi connectivity index (χ0n) is 15.2. The van der Waals surface area contributed by atoms with E-state index in [1.54, 1.807) is 55.7 Å². The van der Waals surface area contributed by atoms with Crippen molar-refractivity contribution in [2.75, 3.05) is 5.32 Å². The van der Waals surface area contributed by atoms with Crippen LogP contribution in [0.1, 0.15) is 18.5 Å². The van der Waals surface area contributed by atoms with Crippen molar-refractivity contribution < 1.29 is 9.59 Å². The number of benzene rings is 2. The molecule has 0 aliphatic rings. The quantitative estimate of drug-likeness (QED) is 0.515. The molecule has 3 aromatic rings. The average Bonchev–Trinajstić information content (AvgIpc) is 2.74. The highest BCUT2D eigenvalue weighted by Crippen LogP contribution is 2.20. The van der Waals surface area contributed by atoms with Crippen molar-refractivity contribution in [3.05, 3.63) is 84.7 Å². The van der Waals surface area contributed by atoms with Crippen molar-refractivity contribution in [2.45, 2.75) is 13.0 Å². The molecule has 140 valence electrons. The van der Waals surface area contributed by atoms with Crippen molar-refractivity contribution in [1.82, 2.24) is 10.3 Å². The first kappa shape index (κ1) is 18.9. The monoisotopic (exact) mass is 373 g/mol. The van der Waals surface area contributed by atoms with Crippen LogP contribution in [0.5, 0.6) is 0 Å². The van der Waals surface area contributed by atoms with Crippen LogP contribution < -0.4 is 10.6 Å². The number of carbonyl (C=O) groups is 2. The highest BCUT2D eigenvalue weighted by molar-refractivity contribution is 6.39. The summed E-state index contributed by atoms with van der Waals surface area (Å²) >= 11 is 0. The fourth-order valence-corrected chi connectivity index (χ4v) is 2.41. The van der Waals surface area contributed by atoms with Crippen LogP contribution in [-0.2, 0) is 9.59 Å². The lowest BCUT2D eigenvalue weighted by Gasteiger charge is -2.13. The second-order valence-electron chi connectivity index (χ2n) is 6.01. The number of pyridine rings is 1. The average molecular weight is 373 g/mol. The third-order valence-corrected chi connectivity index (χ3v) is 3.92. The first-order valence-corrected chi connectivity index (χ1v) is 8.70. The van der Waals surface area contributed by atoms with Crippen molar-refractivity contribution in [3.63, 3.8) is 0 Å². The Kier molecular flexibility index (Phi) is 6.20. The van der Waals surface area contributed by atoms with Gasteiger partial charge in [-0.2, -0.15) is 10.2 Å². The van der Waals surface area contributed by atoms with E-state index in [0.29, 0.717) is 11.4 Å². The summed E-state index contributed by atoms with van der Waals surface area (Å²) in [4.78, 5) is 28.1. The number of aromatic nitrogens is 1. The molecule has 1 unspecified atom stereocenters. The number of hydrogen-bond donors (Lipinski definition) is 2. The van der Waals surface area contributed by atoms with E-state index < -0.39 is 11.8 Å². The van der Waals surface area contributed by atoms with Crippen LogP contribution in [0.2, 0.25) is 0 Å². The molecule has 1 aromatic heterocycles. The fraction of sp³-hybridized carbons (Fsp3) is 0.0952. The van der Waals surface area contributed by atoms with E-state index in [4.69, 9.17) is 0 Å². The zero-order valence-corrected chi connectivity index (χ0v) is 15.2. The van der Waals surface area contributed by atoms with Gasteiger partial charge < -0.3 is 10.6 Å². The van der Waals surface area contributed by atoms with Gasteiger partial charge in [0, 0.05) is 18.1 Å². The Morgan fingerprint density at radius 3 is 2.07 bits per heavy atom. The summed E-state index contributed by atoms with van der Waals surface area (Å²) in [6.07, 6.45) is 3.27. The third kappa shape index (κ3) is 5.31. The fourth-order valence-electron chi connectivity index (χ4n) is 2.41. The van der Waals surface area contributed by atoms with Crippen LogP contribution in [0, 0.1) is 0 Å². The molecule has 0 bridgehead atoms. The van der Waals surface area contributed by atoms with Gasteiger partial charge in [0.2, 0.25) is 0 Å². The molecule has 0 fully saturated rings. The van der Waals surface area contributed by atoms with Gasteiger partial charge in [-0.25, -0.2) is 0 Å². The molecule has 0 saturated heterocycles. The van der Waals surface area contributed by atoms with Gasteiger partial charge in [0.25, 0.3) is 0 Å². The number of amides is 2. The number of carbonyl (C=O) groups excluding carboxylic acids is 2. The Labute approximate surface area is 162 Å². The van der Waals surface area contributed by atoms with Gasteiger partial charge in [-0.3, -0.25) is 14.6 Å². The van der Waals surface area contributed by atoms with E-state index >= 15 is 0 Å². The predicted molar refractivity (Wildman–Crippen MR) is 106 cm³/mol. The smallest absolute Gasteiger partial charge is 0.313 e. The molecule has 3 rings (SSSR count). The Bertz CT molecular complexity index is 957. The van der Waals surface area contributed by atoms with Gasteiger partial charge in [0.15, 0.2) is 0 Å². The molecule has 2 aromatic carbocycles. The van der Waals surface area contributed by atoms with E-state index in [0.717, 1.165) is 11.3 Å². The lowest BCUT2D eigenvalue weighted by Crippen LogP contribution is -2.36. The van der Waals surface area contributed by atoms with Crippen molar-refractivity contribution in [1.29, 1.82) is 0 Å². The number of hydrogen-bond acceptors (Lipinski definition) is 5. The molecule has 0 aliphatic heterocycles. The molecule has 0 spiro atoms. The Morgan fingerprint density at radius 1 is 0.821 bits per heavy atom. The minimum Gasteiger partial charge on any atom is -0.341 e. The van der Waals surface area contributed by atoms with Gasteiger partial charge in [-0.15, -0.1) is 0 Å². The largest absolute Gasteiger partial charge is 0.341 e. The van der Waals surface area contributed by atoms with E-state index in [2.05, 4.69) is 25.8 Å². The summed E-state index contributed by atoms with van der Waals surface area (Å²) in [5, 5.41) is 13.5. The lowest BCUT2D eigenvalue weighted by molar-refractivity contribution is -0.136. The van der Waals surface area contributed by atoms with E-state index in [9.17, 15) is 9.59 Å². The topological polar surface area (TPSA) is 95.8 Å². The SMILES string of the molecule is CC(NC(=O)C(=O)Nc1ccc(N=Nc2ccccc2)cc1)c1ccncc1. The number of nitrogens with one attached hydrogen (secondary N) is 2. The van der Waals surface area contributed by atoms with Crippen LogP contribution in [-0.4, -0.2) is 16.8 Å². The minimum absolute atomic E-state index is 0.304. The first-order chi connectivity index (χ1) is 13.6. The zero-order chi connectivity index (χ0) is 19.8. The molecule has 28 heavy (non-hydrogen) atoms. The standard InChI is InChI=1S/C21H19N5O2/c1-15(16-11-13-22-14-12-16)23-20(27)21(28)24-17-7-9-19(10-8-17)26-25-18-5-3-2-4-6-18/h2-15H,1H3,(H,23,27)(H,24,28). The van der Waals surface area contributed by atoms with Crippen LogP contribution in [0.25, 0.3) is 0 Å². The highest BCUT2D eigenvalue weighted by Gasteiger charge is 2.17. The summed E-state index contributed by atoms with van der Waals surface area (Å²) in [7, 11) is 0. The van der Waals surface area contributed by atoms with Crippen molar-refractivity contribution in [2.24, 2.45) is 10.2 Å². The van der Waals surface area contributed by atoms with E-state index in [-0.39, 0.29) is 6.04 Å². The van der Waals surface area contributed by atoms with Gasteiger partial charge in [0.1, 0.15) is 0 Å². The first-order valence-electron chi connectivity index (χ1n) is 8.70. The Hall–Kier alpha value is -3.87. The van der Waals surface area contributed by atoms with Crippen LogP contribution in [0.15, 0.2) is 89.4 Å². The second-order valence-corrected chi connectivity index (χ2v) is 6.01. The molecule has 0 aliphatic carbocycles. The molecule has 0 saturated carbocycles. The lowest BCUT2D eigenvalue weighted by atomic mass is 10.1. The Balaban J connectivity index is 1.55. The van der Waals surface area contributed by atoms with Gasteiger partial charge in [-0.1, -0.05) is 18.2 Å². The van der Waals surface area contributed by atoms with Crippen LogP contribution in [0.4, 0.5) is 17.1 Å². The molecule has 0 radical (unpaired) electrons. The van der Waals surface area contributed by atoms with Crippen LogP contribution >= 0.6 is 0 Å². The normalized spacial score (nSPS) is 11.8.